The van der Waals surface area contributed by atoms with E-state index in [1.807, 2.05) is 11.6 Å². The molecule has 0 spiro atoms. The number of aromatic carboxylic acids is 1. The Balaban J connectivity index is 2.19. The van der Waals surface area contributed by atoms with Gasteiger partial charge < -0.3 is 5.11 Å². The van der Waals surface area contributed by atoms with Crippen LogP contribution in [-0.2, 0) is 0 Å². The summed E-state index contributed by atoms with van der Waals surface area (Å²) in [4.78, 5) is 15.8. The lowest BCUT2D eigenvalue weighted by atomic mass is 10.2. The number of thiazole rings is 1. The summed E-state index contributed by atoms with van der Waals surface area (Å²) in [5, 5.41) is 17.6. The molecule has 7 nitrogen and oxygen atoms in total. The van der Waals surface area contributed by atoms with E-state index in [1.165, 1.54) is 11.3 Å². The number of hydrogen-bond acceptors (Lipinski definition) is 6. The maximum Gasteiger partial charge on any atom is 0.360 e. The number of carboxylic acids is 1. The topological polar surface area (TPSA) is 93.5 Å². The first-order chi connectivity index (χ1) is 7.75. The van der Waals surface area contributed by atoms with Gasteiger partial charge in [0.25, 0.3) is 0 Å². The van der Waals surface area contributed by atoms with Crippen LogP contribution in [0.4, 0.5) is 0 Å². The van der Waals surface area contributed by atoms with Gasteiger partial charge in [-0.25, -0.2) is 14.4 Å². The minimum Gasteiger partial charge on any atom is -0.476 e. The van der Waals surface area contributed by atoms with Crippen molar-refractivity contribution in [3.8, 4) is 11.4 Å². The van der Waals surface area contributed by atoms with Gasteiger partial charge in [-0.2, -0.15) is 0 Å². The van der Waals surface area contributed by atoms with E-state index in [0.29, 0.717) is 5.69 Å². The van der Waals surface area contributed by atoms with Gasteiger partial charge in [0, 0.05) is 17.8 Å². The fourth-order valence-electron chi connectivity index (χ4n) is 1.34. The van der Waals surface area contributed by atoms with Crippen molar-refractivity contribution in [3.05, 3.63) is 23.5 Å². The molecule has 80 valence electrons. The minimum atomic E-state index is -1.19. The average molecular weight is 236 g/mol. The second-order valence-corrected chi connectivity index (χ2v) is 3.86. The van der Waals surface area contributed by atoms with E-state index in [2.05, 4.69) is 19.9 Å². The van der Waals surface area contributed by atoms with Crippen LogP contribution in [0.1, 0.15) is 10.5 Å². The van der Waals surface area contributed by atoms with Gasteiger partial charge in [0.1, 0.15) is 5.69 Å². The molecule has 0 aromatic carbocycles. The molecule has 0 saturated carbocycles. The number of carbonyl (C=O) groups is 1. The van der Waals surface area contributed by atoms with Crippen LogP contribution >= 0.6 is 11.3 Å². The molecule has 3 aromatic rings. The first-order valence-electron chi connectivity index (χ1n) is 4.24. The largest absolute Gasteiger partial charge is 0.476 e. The number of fused-ring (bicyclic) bond motifs is 1. The second kappa shape index (κ2) is 3.14. The lowest BCUT2D eigenvalue weighted by Crippen LogP contribution is -1.99. The van der Waals surface area contributed by atoms with Crippen LogP contribution in [0.3, 0.4) is 0 Å². The highest BCUT2D eigenvalue weighted by molar-refractivity contribution is 7.15. The van der Waals surface area contributed by atoms with Crippen molar-refractivity contribution in [1.82, 2.24) is 19.7 Å². The highest BCUT2D eigenvalue weighted by atomic mass is 32.1. The molecule has 0 bridgehead atoms. The van der Waals surface area contributed by atoms with Crippen molar-refractivity contribution in [3.63, 3.8) is 0 Å². The number of hydrogen-bond donors (Lipinski definition) is 1. The Labute approximate surface area is 91.9 Å². The van der Waals surface area contributed by atoms with Gasteiger partial charge in [-0.3, -0.25) is 4.40 Å². The van der Waals surface area contributed by atoms with E-state index in [4.69, 9.17) is 5.11 Å². The molecule has 0 aliphatic heterocycles. The zero-order valence-electron chi connectivity index (χ0n) is 7.69. The highest BCUT2D eigenvalue weighted by Crippen LogP contribution is 2.22. The zero-order valence-corrected chi connectivity index (χ0v) is 8.51. The Kier molecular flexibility index (Phi) is 1.77. The molecule has 0 aliphatic carbocycles. The molecule has 3 heterocycles. The Bertz CT molecular complexity index is 639. The predicted octanol–water partition coefficient (Wildman–Crippen LogP) is 1.14. The molecule has 1 N–H and O–H groups in total. The number of aromatic nitrogens is 4. The third-order valence-electron chi connectivity index (χ3n) is 2.03. The van der Waals surface area contributed by atoms with Crippen LogP contribution in [0.15, 0.2) is 22.4 Å². The number of nitrogens with zero attached hydrogens (tertiary/aromatic N) is 4. The molecule has 8 heteroatoms. The number of rotatable bonds is 2. The zero-order chi connectivity index (χ0) is 11.1. The molecular weight excluding hydrogens is 232 g/mol. The lowest BCUT2D eigenvalue weighted by molar-refractivity contribution is 0.0685. The SMILES string of the molecule is O=C(O)c1nonc1-c1cn2ccsc2n1. The van der Waals surface area contributed by atoms with Crippen LogP contribution in [0.2, 0.25) is 0 Å². The van der Waals surface area contributed by atoms with Crippen molar-refractivity contribution >= 4 is 22.3 Å². The molecule has 0 unspecified atom stereocenters. The molecule has 0 saturated heterocycles. The van der Waals surface area contributed by atoms with Crippen LogP contribution in [-0.4, -0.2) is 30.8 Å². The smallest absolute Gasteiger partial charge is 0.360 e. The van der Waals surface area contributed by atoms with Crippen LogP contribution < -0.4 is 0 Å². The van der Waals surface area contributed by atoms with Crippen LogP contribution in [0, 0.1) is 0 Å². The summed E-state index contributed by atoms with van der Waals surface area (Å²) in [6.45, 7) is 0. The predicted molar refractivity (Wildman–Crippen MR) is 53.3 cm³/mol. The molecule has 16 heavy (non-hydrogen) atoms. The summed E-state index contributed by atoms with van der Waals surface area (Å²) in [6, 6.07) is 0. The Morgan fingerprint density at radius 3 is 3.12 bits per heavy atom. The van der Waals surface area contributed by atoms with Crippen LogP contribution in [0.5, 0.6) is 0 Å². The van der Waals surface area contributed by atoms with Crippen molar-refractivity contribution in [2.24, 2.45) is 0 Å². The molecule has 0 aliphatic rings. The van der Waals surface area contributed by atoms with E-state index in [9.17, 15) is 4.79 Å². The van der Waals surface area contributed by atoms with Gasteiger partial charge in [0.15, 0.2) is 10.7 Å². The normalized spacial score (nSPS) is 11.0. The van der Waals surface area contributed by atoms with Gasteiger partial charge in [-0.1, -0.05) is 0 Å². The number of carboxylic acid groups (broad SMARTS) is 1. The summed E-state index contributed by atoms with van der Waals surface area (Å²) in [5.74, 6) is -1.19. The molecule has 3 aromatic heterocycles. The third-order valence-corrected chi connectivity index (χ3v) is 2.80. The van der Waals surface area contributed by atoms with Crippen molar-refractivity contribution in [2.45, 2.75) is 0 Å². The lowest BCUT2D eigenvalue weighted by Gasteiger charge is -1.87. The summed E-state index contributed by atoms with van der Waals surface area (Å²) in [7, 11) is 0. The first kappa shape index (κ1) is 9.04. The quantitative estimate of drug-likeness (QED) is 0.717. The van der Waals surface area contributed by atoms with Gasteiger partial charge >= 0.3 is 5.97 Å². The average Bonchev–Trinajstić information content (AvgIpc) is 2.91. The van der Waals surface area contributed by atoms with E-state index < -0.39 is 5.97 Å². The Morgan fingerprint density at radius 1 is 1.50 bits per heavy atom. The fourth-order valence-corrected chi connectivity index (χ4v) is 2.04. The van der Waals surface area contributed by atoms with Crippen molar-refractivity contribution in [2.75, 3.05) is 0 Å². The van der Waals surface area contributed by atoms with Gasteiger partial charge in [-0.05, 0) is 10.3 Å². The summed E-state index contributed by atoms with van der Waals surface area (Å²) in [6.07, 6.45) is 3.50. The maximum atomic E-state index is 10.8. The number of imidazole rings is 1. The van der Waals surface area contributed by atoms with E-state index in [0.717, 1.165) is 4.96 Å². The second-order valence-electron chi connectivity index (χ2n) is 2.99. The van der Waals surface area contributed by atoms with Crippen molar-refractivity contribution < 1.29 is 14.5 Å². The summed E-state index contributed by atoms with van der Waals surface area (Å²) in [5.41, 5.74) is 0.347. The summed E-state index contributed by atoms with van der Waals surface area (Å²) < 4.78 is 6.19. The van der Waals surface area contributed by atoms with E-state index in [-0.39, 0.29) is 11.4 Å². The van der Waals surface area contributed by atoms with Gasteiger partial charge in [-0.15, -0.1) is 11.3 Å². The third kappa shape index (κ3) is 1.20. The first-order valence-corrected chi connectivity index (χ1v) is 5.12. The molecule has 0 fully saturated rings. The summed E-state index contributed by atoms with van der Waals surface area (Å²) >= 11 is 1.45. The maximum absolute atomic E-state index is 10.8. The monoisotopic (exact) mass is 236 g/mol. The standard InChI is InChI=1S/C8H4N4O3S/c13-7(14)6-5(10-15-11-6)4-3-12-1-2-16-8(12)9-4/h1-3H,(H,13,14). The van der Waals surface area contributed by atoms with Gasteiger partial charge in [0.2, 0.25) is 5.69 Å². The van der Waals surface area contributed by atoms with Crippen LogP contribution in [0.25, 0.3) is 16.3 Å². The molecule has 0 atom stereocenters. The minimum absolute atomic E-state index is 0.142. The van der Waals surface area contributed by atoms with E-state index >= 15 is 0 Å². The Hall–Kier alpha value is -2.22. The van der Waals surface area contributed by atoms with Gasteiger partial charge in [0.05, 0.1) is 0 Å². The molecular formula is C8H4N4O3S. The highest BCUT2D eigenvalue weighted by Gasteiger charge is 2.21. The fraction of sp³-hybridized carbons (Fsp3) is 0. The molecule has 3 rings (SSSR count). The molecule has 0 amide bonds. The van der Waals surface area contributed by atoms with E-state index in [1.54, 1.807) is 10.6 Å². The Morgan fingerprint density at radius 2 is 2.38 bits per heavy atom. The van der Waals surface area contributed by atoms with Crippen molar-refractivity contribution in [1.29, 1.82) is 0 Å². The molecule has 0 radical (unpaired) electrons.